The summed E-state index contributed by atoms with van der Waals surface area (Å²) in [6.45, 7) is 4.74. The van der Waals surface area contributed by atoms with Gasteiger partial charge in [0.25, 0.3) is 0 Å². The fraction of sp³-hybridized carbons (Fsp3) is 0.400. The number of hydrogen-bond donors (Lipinski definition) is 0. The highest BCUT2D eigenvalue weighted by Crippen LogP contribution is 2.20. The normalized spacial score (nSPS) is 13.4. The predicted molar refractivity (Wildman–Crippen MR) is 70.7 cm³/mol. The summed E-state index contributed by atoms with van der Waals surface area (Å²) in [5.41, 5.74) is 0.491. The third-order valence-electron chi connectivity index (χ3n) is 2.95. The van der Waals surface area contributed by atoms with Crippen LogP contribution in [0.1, 0.15) is 31.1 Å². The van der Waals surface area contributed by atoms with Crippen LogP contribution in [0.5, 0.6) is 0 Å². The van der Waals surface area contributed by atoms with Crippen molar-refractivity contribution in [2.45, 2.75) is 20.8 Å². The first-order chi connectivity index (χ1) is 8.99. The van der Waals surface area contributed by atoms with E-state index in [0.717, 1.165) is 0 Å². The maximum atomic E-state index is 12.2. The van der Waals surface area contributed by atoms with Crippen LogP contribution in [0, 0.1) is 11.8 Å². The van der Waals surface area contributed by atoms with E-state index in [-0.39, 0.29) is 18.2 Å². The summed E-state index contributed by atoms with van der Waals surface area (Å²) in [7, 11) is 0. The van der Waals surface area contributed by atoms with E-state index in [1.807, 2.05) is 0 Å². The van der Waals surface area contributed by atoms with Crippen molar-refractivity contribution >= 4 is 17.5 Å². The van der Waals surface area contributed by atoms with Crippen LogP contribution < -0.4 is 0 Å². The van der Waals surface area contributed by atoms with E-state index in [2.05, 4.69) is 0 Å². The minimum Gasteiger partial charge on any atom is -0.465 e. The zero-order valence-corrected chi connectivity index (χ0v) is 11.4. The van der Waals surface area contributed by atoms with Crippen LogP contribution in [0.25, 0.3) is 0 Å². The Bertz CT molecular complexity index is 464. The molecule has 0 bridgehead atoms. The fourth-order valence-corrected chi connectivity index (χ4v) is 1.97. The molecule has 4 nitrogen and oxygen atoms in total. The molecule has 1 aromatic carbocycles. The summed E-state index contributed by atoms with van der Waals surface area (Å²) in [5.74, 6) is -2.97. The maximum absolute atomic E-state index is 12.2. The summed E-state index contributed by atoms with van der Waals surface area (Å²) < 4.78 is 4.86. The quantitative estimate of drug-likeness (QED) is 0.448. The van der Waals surface area contributed by atoms with Crippen LogP contribution in [0.3, 0.4) is 0 Å². The van der Waals surface area contributed by atoms with E-state index in [0.29, 0.717) is 5.56 Å². The fourth-order valence-electron chi connectivity index (χ4n) is 1.97. The molecule has 102 valence electrons. The summed E-state index contributed by atoms with van der Waals surface area (Å²) >= 11 is 0. The van der Waals surface area contributed by atoms with Gasteiger partial charge >= 0.3 is 5.97 Å². The third-order valence-corrected chi connectivity index (χ3v) is 2.95. The Morgan fingerprint density at radius 2 is 1.74 bits per heavy atom. The molecule has 0 N–H and O–H groups in total. The van der Waals surface area contributed by atoms with Crippen LogP contribution in [-0.4, -0.2) is 24.1 Å². The predicted octanol–water partition coefficient (Wildman–Crippen LogP) is 2.27. The molecular weight excluding hydrogens is 244 g/mol. The van der Waals surface area contributed by atoms with Gasteiger partial charge in [0, 0.05) is 11.5 Å². The lowest BCUT2D eigenvalue weighted by Crippen LogP contribution is -2.34. The molecule has 0 spiro atoms. The SMILES string of the molecule is CCOC(=O)[C@H](C(C)=O)[C@H](C)C(=O)c1ccccc1. The van der Waals surface area contributed by atoms with Gasteiger partial charge in [0.15, 0.2) is 5.78 Å². The van der Waals surface area contributed by atoms with Gasteiger partial charge in [-0.2, -0.15) is 0 Å². The molecule has 1 rings (SSSR count). The number of ketones is 2. The second-order valence-electron chi connectivity index (χ2n) is 4.36. The van der Waals surface area contributed by atoms with Crippen molar-refractivity contribution in [1.82, 2.24) is 0 Å². The van der Waals surface area contributed by atoms with Gasteiger partial charge in [-0.15, -0.1) is 0 Å². The van der Waals surface area contributed by atoms with Gasteiger partial charge in [-0.1, -0.05) is 37.3 Å². The largest absolute Gasteiger partial charge is 0.465 e. The van der Waals surface area contributed by atoms with E-state index in [4.69, 9.17) is 4.74 Å². The third kappa shape index (κ3) is 3.74. The second-order valence-corrected chi connectivity index (χ2v) is 4.36. The lowest BCUT2D eigenvalue weighted by atomic mass is 9.85. The first-order valence-corrected chi connectivity index (χ1v) is 6.25. The number of hydrogen-bond acceptors (Lipinski definition) is 4. The first-order valence-electron chi connectivity index (χ1n) is 6.25. The molecule has 1 aromatic rings. The van der Waals surface area contributed by atoms with Crippen molar-refractivity contribution in [3.63, 3.8) is 0 Å². The lowest BCUT2D eigenvalue weighted by Gasteiger charge is -2.18. The molecule has 0 radical (unpaired) electrons. The summed E-state index contributed by atoms with van der Waals surface area (Å²) in [5, 5.41) is 0. The van der Waals surface area contributed by atoms with Crippen LogP contribution in [0.4, 0.5) is 0 Å². The van der Waals surface area contributed by atoms with Crippen molar-refractivity contribution in [3.05, 3.63) is 35.9 Å². The van der Waals surface area contributed by atoms with Crippen LogP contribution >= 0.6 is 0 Å². The minimum absolute atomic E-state index is 0.189. The number of carbonyl (C=O) groups is 3. The van der Waals surface area contributed by atoms with E-state index >= 15 is 0 Å². The number of ether oxygens (including phenoxy) is 1. The Morgan fingerprint density at radius 3 is 2.21 bits per heavy atom. The average molecular weight is 262 g/mol. The van der Waals surface area contributed by atoms with Crippen LogP contribution in [0.2, 0.25) is 0 Å². The molecule has 2 atom stereocenters. The number of benzene rings is 1. The number of rotatable bonds is 6. The molecule has 0 aliphatic rings. The lowest BCUT2D eigenvalue weighted by molar-refractivity contribution is -0.152. The Kier molecular flexibility index (Phi) is 5.42. The minimum atomic E-state index is -1.03. The molecule has 0 saturated carbocycles. The summed E-state index contributed by atoms with van der Waals surface area (Å²) in [4.78, 5) is 35.6. The van der Waals surface area contributed by atoms with Gasteiger partial charge in [0.05, 0.1) is 6.61 Å². The molecule has 19 heavy (non-hydrogen) atoms. The number of carbonyl (C=O) groups excluding carboxylic acids is 3. The van der Waals surface area contributed by atoms with Crippen LogP contribution in [-0.2, 0) is 14.3 Å². The van der Waals surface area contributed by atoms with Gasteiger partial charge in [-0.25, -0.2) is 0 Å². The number of Topliss-reactive ketones (excluding diaryl/α,β-unsaturated/α-hetero) is 2. The van der Waals surface area contributed by atoms with E-state index in [1.54, 1.807) is 44.2 Å². The molecular formula is C15H18O4. The summed E-state index contributed by atoms with van der Waals surface area (Å²) in [6.07, 6.45) is 0. The van der Waals surface area contributed by atoms with Crippen molar-refractivity contribution < 1.29 is 19.1 Å². The monoisotopic (exact) mass is 262 g/mol. The number of esters is 1. The topological polar surface area (TPSA) is 60.4 Å². The average Bonchev–Trinajstić information content (AvgIpc) is 2.38. The molecule has 0 aliphatic heterocycles. The zero-order chi connectivity index (χ0) is 14.4. The van der Waals surface area contributed by atoms with E-state index in [9.17, 15) is 14.4 Å². The molecule has 0 saturated heterocycles. The molecule has 4 heteroatoms. The zero-order valence-electron chi connectivity index (χ0n) is 11.4. The highest BCUT2D eigenvalue weighted by atomic mass is 16.5. The smallest absolute Gasteiger partial charge is 0.317 e. The van der Waals surface area contributed by atoms with Crippen molar-refractivity contribution in [3.8, 4) is 0 Å². The van der Waals surface area contributed by atoms with Gasteiger partial charge < -0.3 is 4.74 Å². The van der Waals surface area contributed by atoms with Crippen LogP contribution in [0.15, 0.2) is 30.3 Å². The Balaban J connectivity index is 2.94. The van der Waals surface area contributed by atoms with Crippen molar-refractivity contribution in [2.75, 3.05) is 6.61 Å². The van der Waals surface area contributed by atoms with Gasteiger partial charge in [0.1, 0.15) is 11.7 Å². The Morgan fingerprint density at radius 1 is 1.16 bits per heavy atom. The molecule has 0 aliphatic carbocycles. The van der Waals surface area contributed by atoms with E-state index in [1.165, 1.54) is 6.92 Å². The highest BCUT2D eigenvalue weighted by Gasteiger charge is 2.35. The van der Waals surface area contributed by atoms with Crippen molar-refractivity contribution in [1.29, 1.82) is 0 Å². The second kappa shape index (κ2) is 6.83. The molecule has 0 aromatic heterocycles. The highest BCUT2D eigenvalue weighted by molar-refractivity contribution is 6.06. The van der Waals surface area contributed by atoms with Gasteiger partial charge in [-0.05, 0) is 13.8 Å². The van der Waals surface area contributed by atoms with Crippen molar-refractivity contribution in [2.24, 2.45) is 11.8 Å². The summed E-state index contributed by atoms with van der Waals surface area (Å²) in [6, 6.07) is 8.62. The van der Waals surface area contributed by atoms with Gasteiger partial charge in [0.2, 0.25) is 0 Å². The Labute approximate surface area is 112 Å². The Hall–Kier alpha value is -1.97. The molecule has 0 unspecified atom stereocenters. The molecule has 0 amide bonds. The standard InChI is InChI=1S/C15H18O4/c1-4-19-15(18)13(11(3)16)10(2)14(17)12-8-6-5-7-9-12/h5-10,13H,4H2,1-3H3/t10-,13-/m0/s1. The van der Waals surface area contributed by atoms with E-state index < -0.39 is 17.8 Å². The van der Waals surface area contributed by atoms with Gasteiger partial charge in [-0.3, -0.25) is 14.4 Å². The molecule has 0 fully saturated rings. The first kappa shape index (κ1) is 15.1. The molecule has 0 heterocycles. The maximum Gasteiger partial charge on any atom is 0.317 e.